The van der Waals surface area contributed by atoms with Crippen molar-refractivity contribution < 1.29 is 32.3 Å². The molecule has 12 heteroatoms. The number of imide groups is 1. The van der Waals surface area contributed by atoms with Crippen molar-refractivity contribution in [2.45, 2.75) is 6.18 Å². The molecule has 1 fully saturated rings. The summed E-state index contributed by atoms with van der Waals surface area (Å²) in [6.45, 7) is 3.24. The fraction of sp³-hybridized carbons (Fsp3) is 0.136. The second kappa shape index (κ2) is 10.8. The lowest BCUT2D eigenvalue weighted by Gasteiger charge is -2.13. The first-order valence-electron chi connectivity index (χ1n) is 9.45. The Morgan fingerprint density at radius 3 is 2.47 bits per heavy atom. The van der Waals surface area contributed by atoms with Gasteiger partial charge in [0.05, 0.1) is 19.4 Å². The first-order chi connectivity index (χ1) is 16.0. The van der Waals surface area contributed by atoms with Gasteiger partial charge in [-0.1, -0.05) is 18.7 Å². The minimum Gasteiger partial charge on any atom is -0.487 e. The van der Waals surface area contributed by atoms with Gasteiger partial charge in [-0.2, -0.15) is 13.2 Å². The summed E-state index contributed by atoms with van der Waals surface area (Å²) in [5.41, 5.74) is -0.447. The summed E-state index contributed by atoms with van der Waals surface area (Å²) >= 11 is 7.43. The summed E-state index contributed by atoms with van der Waals surface area (Å²) in [5, 5.41) is 1.61. The van der Waals surface area contributed by atoms with E-state index < -0.39 is 35.3 Å². The molecule has 1 saturated heterocycles. The second-order valence-corrected chi connectivity index (χ2v) is 9.51. The molecule has 2 aromatic carbocycles. The average Bonchev–Trinajstić information content (AvgIpc) is 3.00. The number of halogens is 5. The predicted octanol–water partition coefficient (Wildman–Crippen LogP) is 6.47. The van der Waals surface area contributed by atoms with Gasteiger partial charge in [-0.05, 0) is 85.6 Å². The molecule has 6 nitrogen and oxygen atoms in total. The number of anilines is 1. The summed E-state index contributed by atoms with van der Waals surface area (Å²) < 4.78 is 45.3. The van der Waals surface area contributed by atoms with Crippen molar-refractivity contribution in [3.05, 3.63) is 74.0 Å². The molecular formula is C22H15Br2F3N2O4S. The molecule has 1 N–H and O–H groups in total. The maximum Gasteiger partial charge on any atom is 0.416 e. The Labute approximate surface area is 213 Å². The largest absolute Gasteiger partial charge is 0.487 e. The van der Waals surface area contributed by atoms with Crippen LogP contribution in [-0.2, 0) is 15.8 Å². The van der Waals surface area contributed by atoms with Gasteiger partial charge >= 0.3 is 6.18 Å². The number of rotatable bonds is 7. The molecule has 0 unspecified atom stereocenters. The van der Waals surface area contributed by atoms with E-state index in [9.17, 15) is 27.6 Å². The highest BCUT2D eigenvalue weighted by Gasteiger charge is 2.36. The van der Waals surface area contributed by atoms with E-state index in [2.05, 4.69) is 43.8 Å². The summed E-state index contributed by atoms with van der Waals surface area (Å²) in [7, 11) is 0. The second-order valence-electron chi connectivity index (χ2n) is 6.81. The molecule has 0 atom stereocenters. The van der Waals surface area contributed by atoms with Crippen LogP contribution in [0.3, 0.4) is 0 Å². The molecule has 0 radical (unpaired) electrons. The van der Waals surface area contributed by atoms with Gasteiger partial charge < -0.3 is 10.1 Å². The monoisotopic (exact) mass is 618 g/mol. The number of hydrogen-bond acceptors (Lipinski definition) is 5. The molecule has 0 spiro atoms. The third-order valence-electron chi connectivity index (χ3n) is 4.31. The van der Waals surface area contributed by atoms with Crippen molar-refractivity contribution in [3.63, 3.8) is 0 Å². The van der Waals surface area contributed by atoms with Gasteiger partial charge in [0, 0.05) is 5.69 Å². The van der Waals surface area contributed by atoms with E-state index >= 15 is 0 Å². The minimum absolute atomic E-state index is 0.0930. The first-order valence-corrected chi connectivity index (χ1v) is 11.8. The number of carbonyl (C=O) groups is 3. The van der Waals surface area contributed by atoms with Crippen molar-refractivity contribution >= 4 is 72.4 Å². The highest BCUT2D eigenvalue weighted by Crippen LogP contribution is 2.38. The predicted molar refractivity (Wildman–Crippen MR) is 130 cm³/mol. The number of nitrogens with one attached hydrogen (secondary N) is 1. The Morgan fingerprint density at radius 2 is 1.85 bits per heavy atom. The lowest BCUT2D eigenvalue weighted by atomic mass is 10.2. The van der Waals surface area contributed by atoms with E-state index in [4.69, 9.17) is 4.74 Å². The molecule has 3 rings (SSSR count). The zero-order valence-electron chi connectivity index (χ0n) is 17.1. The van der Waals surface area contributed by atoms with Gasteiger partial charge in [0.15, 0.2) is 0 Å². The van der Waals surface area contributed by atoms with Crippen LogP contribution in [0.5, 0.6) is 5.75 Å². The van der Waals surface area contributed by atoms with Crippen LogP contribution in [0.15, 0.2) is 62.9 Å². The van der Waals surface area contributed by atoms with Gasteiger partial charge in [-0.15, -0.1) is 0 Å². The Balaban J connectivity index is 1.72. The highest BCUT2D eigenvalue weighted by molar-refractivity contribution is 9.11. The van der Waals surface area contributed by atoms with E-state index in [1.54, 1.807) is 18.2 Å². The zero-order chi connectivity index (χ0) is 25.0. The standard InChI is InChI=1S/C22H15Br2F3N2O4S/c1-2-6-33-19-15(23)7-12(8-16(19)24)9-17-20(31)29(21(32)34-17)11-18(30)28-14-5-3-4-13(10-14)22(25,26)27/h2-5,7-10H,1,6,11H2,(H,28,30)/b17-9-. The van der Waals surface area contributed by atoms with E-state index in [0.717, 1.165) is 23.1 Å². The smallest absolute Gasteiger partial charge is 0.416 e. The summed E-state index contributed by atoms with van der Waals surface area (Å²) in [6, 6.07) is 7.44. The molecule has 178 valence electrons. The molecule has 3 amide bonds. The summed E-state index contributed by atoms with van der Waals surface area (Å²) in [6.07, 6.45) is -1.49. The Morgan fingerprint density at radius 1 is 1.18 bits per heavy atom. The van der Waals surface area contributed by atoms with Gasteiger partial charge in [-0.25, -0.2) is 0 Å². The topological polar surface area (TPSA) is 75.7 Å². The number of hydrogen-bond donors (Lipinski definition) is 1. The van der Waals surface area contributed by atoms with Gasteiger partial charge in [0.2, 0.25) is 5.91 Å². The third kappa shape index (κ3) is 6.30. The fourth-order valence-electron chi connectivity index (χ4n) is 2.85. The fourth-order valence-corrected chi connectivity index (χ4v) is 5.14. The number of alkyl halides is 3. The van der Waals surface area contributed by atoms with Crippen LogP contribution in [0.1, 0.15) is 11.1 Å². The van der Waals surface area contributed by atoms with E-state index in [1.165, 1.54) is 12.1 Å². The Bertz CT molecular complexity index is 1180. The molecule has 34 heavy (non-hydrogen) atoms. The molecule has 0 aromatic heterocycles. The Kier molecular flexibility index (Phi) is 8.26. The molecule has 1 aliphatic rings. The molecular weight excluding hydrogens is 605 g/mol. The molecule has 1 aliphatic heterocycles. The minimum atomic E-state index is -4.57. The van der Waals surface area contributed by atoms with Crippen LogP contribution in [0.2, 0.25) is 0 Å². The van der Waals surface area contributed by atoms with Crippen LogP contribution in [-0.4, -0.2) is 35.1 Å². The third-order valence-corrected chi connectivity index (χ3v) is 6.40. The van der Waals surface area contributed by atoms with Crippen LogP contribution < -0.4 is 10.1 Å². The van der Waals surface area contributed by atoms with Crippen molar-refractivity contribution in [2.24, 2.45) is 0 Å². The van der Waals surface area contributed by atoms with Crippen molar-refractivity contribution in [3.8, 4) is 5.75 Å². The number of benzene rings is 2. The van der Waals surface area contributed by atoms with E-state index in [-0.39, 0.29) is 17.2 Å². The summed E-state index contributed by atoms with van der Waals surface area (Å²) in [4.78, 5) is 38.1. The molecule has 1 heterocycles. The van der Waals surface area contributed by atoms with Crippen LogP contribution >= 0.6 is 43.6 Å². The van der Waals surface area contributed by atoms with Crippen LogP contribution in [0.25, 0.3) is 6.08 Å². The quantitative estimate of drug-likeness (QED) is 0.284. The molecule has 0 saturated carbocycles. The zero-order valence-corrected chi connectivity index (χ0v) is 21.1. The van der Waals surface area contributed by atoms with Gasteiger partial charge in [0.1, 0.15) is 18.9 Å². The first kappa shape index (κ1) is 26.0. The maximum absolute atomic E-state index is 12.8. The van der Waals surface area contributed by atoms with Crippen LogP contribution in [0.4, 0.5) is 23.7 Å². The lowest BCUT2D eigenvalue weighted by molar-refractivity contribution is -0.137. The van der Waals surface area contributed by atoms with Gasteiger partial charge in [0.25, 0.3) is 11.1 Å². The average molecular weight is 620 g/mol. The van der Waals surface area contributed by atoms with Crippen molar-refractivity contribution in [2.75, 3.05) is 18.5 Å². The van der Waals surface area contributed by atoms with E-state index in [0.29, 0.717) is 32.0 Å². The van der Waals surface area contributed by atoms with Crippen molar-refractivity contribution in [1.82, 2.24) is 4.90 Å². The van der Waals surface area contributed by atoms with Gasteiger partial charge in [-0.3, -0.25) is 19.3 Å². The molecule has 0 aliphatic carbocycles. The number of ether oxygens (including phenoxy) is 1. The highest BCUT2D eigenvalue weighted by atomic mass is 79.9. The number of nitrogens with zero attached hydrogens (tertiary/aromatic N) is 1. The van der Waals surface area contributed by atoms with E-state index in [1.807, 2.05) is 0 Å². The SMILES string of the molecule is C=CCOc1c(Br)cc(/C=C2\SC(=O)N(CC(=O)Nc3cccc(C(F)(F)F)c3)C2=O)cc1Br. The maximum atomic E-state index is 12.8. The number of carbonyl (C=O) groups excluding carboxylic acids is 3. The molecule has 0 bridgehead atoms. The lowest BCUT2D eigenvalue weighted by Crippen LogP contribution is -2.36. The van der Waals surface area contributed by atoms with Crippen LogP contribution in [0, 0.1) is 0 Å². The normalized spacial score (nSPS) is 15.1. The van der Waals surface area contributed by atoms with Crippen molar-refractivity contribution in [1.29, 1.82) is 0 Å². The molecule has 2 aromatic rings. The Hall–Kier alpha value is -2.57. The number of thioether (sulfide) groups is 1. The number of amides is 3. The summed E-state index contributed by atoms with van der Waals surface area (Å²) in [5.74, 6) is -0.957.